The van der Waals surface area contributed by atoms with Gasteiger partial charge in [0.2, 0.25) is 5.91 Å². The Labute approximate surface area is 102 Å². The number of nitrogens with one attached hydrogen (secondary N) is 1. The molecule has 1 heterocycles. The molecule has 0 saturated carbocycles. The summed E-state index contributed by atoms with van der Waals surface area (Å²) < 4.78 is 58.0. The highest BCUT2D eigenvalue weighted by Crippen LogP contribution is 2.22. The van der Waals surface area contributed by atoms with Crippen LogP contribution in [0.3, 0.4) is 0 Å². The van der Waals surface area contributed by atoms with Gasteiger partial charge < -0.3 is 10.4 Å². The Bertz CT molecular complexity index is 407. The minimum atomic E-state index is -4.77. The quantitative estimate of drug-likeness (QED) is 0.754. The number of carbonyl (C=O) groups excluding carboxylic acids is 1. The Kier molecular flexibility index (Phi) is 4.60. The fraction of sp³-hybridized carbons (Fsp3) is 0.889. The van der Waals surface area contributed by atoms with Gasteiger partial charge in [-0.2, -0.15) is 13.2 Å². The van der Waals surface area contributed by atoms with Gasteiger partial charge in [-0.3, -0.25) is 4.79 Å². The molecular formula is C9H14F3NO4S. The molecule has 1 rings (SSSR count). The molecule has 9 heteroatoms. The molecule has 0 aliphatic carbocycles. The summed E-state index contributed by atoms with van der Waals surface area (Å²) in [4.78, 5) is 11.3. The van der Waals surface area contributed by atoms with E-state index in [0.717, 1.165) is 0 Å². The average Bonchev–Trinajstić information content (AvgIpc) is 2.53. The highest BCUT2D eigenvalue weighted by atomic mass is 32.2. The third kappa shape index (κ3) is 4.81. The Morgan fingerprint density at radius 3 is 2.50 bits per heavy atom. The summed E-state index contributed by atoms with van der Waals surface area (Å²) in [5, 5.41) is 10.6. The molecule has 106 valence electrons. The number of hydrogen-bond donors (Lipinski definition) is 2. The largest absolute Gasteiger partial charge is 0.416 e. The van der Waals surface area contributed by atoms with Crippen molar-refractivity contribution >= 4 is 15.7 Å². The predicted molar refractivity (Wildman–Crippen MR) is 56.4 cm³/mol. The van der Waals surface area contributed by atoms with Crippen LogP contribution >= 0.6 is 0 Å². The Hall–Kier alpha value is -0.830. The van der Waals surface area contributed by atoms with Crippen molar-refractivity contribution in [3.8, 4) is 0 Å². The molecule has 0 radical (unpaired) electrons. The maximum Gasteiger partial charge on any atom is 0.416 e. The fourth-order valence-electron chi connectivity index (χ4n) is 1.69. The fourth-order valence-corrected chi connectivity index (χ4v) is 3.56. The van der Waals surface area contributed by atoms with Gasteiger partial charge in [0.25, 0.3) is 0 Å². The van der Waals surface area contributed by atoms with E-state index in [0.29, 0.717) is 6.42 Å². The number of aliphatic hydroxyl groups is 1. The molecule has 0 aromatic heterocycles. The number of aliphatic hydroxyl groups excluding tert-OH is 1. The summed E-state index contributed by atoms with van der Waals surface area (Å²) in [6.07, 6.45) is -7.17. The van der Waals surface area contributed by atoms with Crippen LogP contribution < -0.4 is 5.32 Å². The standard InChI is InChI=1S/C9H14F3NO4S/c10-9(11,12)7(14)4-13-8(15)3-6-1-2-18(16,17)5-6/h6-7,14H,1-5H2,(H,13,15). The van der Waals surface area contributed by atoms with Crippen LogP contribution in [0.15, 0.2) is 0 Å². The van der Waals surface area contributed by atoms with Crippen molar-refractivity contribution in [3.05, 3.63) is 0 Å². The van der Waals surface area contributed by atoms with Gasteiger partial charge in [-0.15, -0.1) is 0 Å². The Balaban J connectivity index is 2.31. The average molecular weight is 289 g/mol. The molecule has 1 amide bonds. The van der Waals surface area contributed by atoms with E-state index in [9.17, 15) is 26.4 Å². The Morgan fingerprint density at radius 1 is 1.44 bits per heavy atom. The maximum absolute atomic E-state index is 11.9. The van der Waals surface area contributed by atoms with E-state index in [1.165, 1.54) is 0 Å². The van der Waals surface area contributed by atoms with E-state index in [1.54, 1.807) is 0 Å². The van der Waals surface area contributed by atoms with Gasteiger partial charge in [-0.25, -0.2) is 8.42 Å². The van der Waals surface area contributed by atoms with Crippen molar-refractivity contribution in [1.82, 2.24) is 5.32 Å². The second-order valence-electron chi connectivity index (χ2n) is 4.33. The normalized spacial score (nSPS) is 24.8. The van der Waals surface area contributed by atoms with Crippen molar-refractivity contribution in [1.29, 1.82) is 0 Å². The summed E-state index contributed by atoms with van der Waals surface area (Å²) in [7, 11) is -3.10. The molecule has 1 aliphatic heterocycles. The molecule has 0 bridgehead atoms. The van der Waals surface area contributed by atoms with Crippen LogP contribution in [0.2, 0.25) is 0 Å². The zero-order chi connectivity index (χ0) is 14.0. The number of alkyl halides is 3. The number of rotatable bonds is 4. The highest BCUT2D eigenvalue weighted by Gasteiger charge is 2.38. The SMILES string of the molecule is O=C(CC1CCS(=O)(=O)C1)NCC(O)C(F)(F)F. The van der Waals surface area contributed by atoms with Crippen LogP contribution in [0.4, 0.5) is 13.2 Å². The summed E-state index contributed by atoms with van der Waals surface area (Å²) in [5.41, 5.74) is 0. The second kappa shape index (κ2) is 5.43. The molecule has 0 aromatic rings. The second-order valence-corrected chi connectivity index (χ2v) is 6.56. The van der Waals surface area contributed by atoms with E-state index in [4.69, 9.17) is 5.11 Å². The van der Waals surface area contributed by atoms with Gasteiger partial charge in [-0.05, 0) is 12.3 Å². The van der Waals surface area contributed by atoms with Gasteiger partial charge in [-0.1, -0.05) is 0 Å². The molecule has 0 spiro atoms. The molecule has 2 N–H and O–H groups in total. The molecule has 18 heavy (non-hydrogen) atoms. The Morgan fingerprint density at radius 2 is 2.06 bits per heavy atom. The van der Waals surface area contributed by atoms with E-state index >= 15 is 0 Å². The number of halogens is 3. The zero-order valence-electron chi connectivity index (χ0n) is 9.40. The third-order valence-corrected chi connectivity index (χ3v) is 4.51. The first-order valence-electron chi connectivity index (χ1n) is 5.32. The molecule has 2 unspecified atom stereocenters. The van der Waals surface area contributed by atoms with Crippen molar-refractivity contribution in [2.45, 2.75) is 25.1 Å². The number of hydrogen-bond acceptors (Lipinski definition) is 4. The molecule has 0 aromatic carbocycles. The molecular weight excluding hydrogens is 275 g/mol. The lowest BCUT2D eigenvalue weighted by atomic mass is 10.1. The number of amides is 1. The summed E-state index contributed by atoms with van der Waals surface area (Å²) >= 11 is 0. The maximum atomic E-state index is 11.9. The van der Waals surface area contributed by atoms with E-state index in [1.807, 2.05) is 5.32 Å². The number of sulfone groups is 1. The van der Waals surface area contributed by atoms with Crippen LogP contribution in [0.1, 0.15) is 12.8 Å². The number of carbonyl (C=O) groups is 1. The van der Waals surface area contributed by atoms with Crippen LogP contribution in [0.5, 0.6) is 0 Å². The van der Waals surface area contributed by atoms with E-state index < -0.39 is 34.6 Å². The van der Waals surface area contributed by atoms with Crippen LogP contribution in [-0.2, 0) is 14.6 Å². The topological polar surface area (TPSA) is 83.5 Å². The van der Waals surface area contributed by atoms with Crippen molar-refractivity contribution in [3.63, 3.8) is 0 Å². The zero-order valence-corrected chi connectivity index (χ0v) is 10.2. The van der Waals surface area contributed by atoms with Crippen LogP contribution in [-0.4, -0.2) is 49.8 Å². The minimum Gasteiger partial charge on any atom is -0.382 e. The van der Waals surface area contributed by atoms with E-state index in [2.05, 4.69) is 0 Å². The minimum absolute atomic E-state index is 0.0100. The van der Waals surface area contributed by atoms with Crippen LogP contribution in [0.25, 0.3) is 0 Å². The van der Waals surface area contributed by atoms with Gasteiger partial charge in [0.15, 0.2) is 15.9 Å². The van der Waals surface area contributed by atoms with Crippen molar-refractivity contribution in [2.75, 3.05) is 18.1 Å². The van der Waals surface area contributed by atoms with Crippen LogP contribution in [0, 0.1) is 5.92 Å². The van der Waals surface area contributed by atoms with E-state index in [-0.39, 0.29) is 23.8 Å². The molecule has 1 fully saturated rings. The molecule has 1 aliphatic rings. The van der Waals surface area contributed by atoms with Gasteiger partial charge in [0.1, 0.15) is 0 Å². The first-order chi connectivity index (χ1) is 8.10. The lowest BCUT2D eigenvalue weighted by molar-refractivity contribution is -0.201. The molecule has 5 nitrogen and oxygen atoms in total. The third-order valence-electron chi connectivity index (χ3n) is 2.67. The van der Waals surface area contributed by atoms with Crippen molar-refractivity contribution in [2.24, 2.45) is 5.92 Å². The first kappa shape index (κ1) is 15.2. The smallest absolute Gasteiger partial charge is 0.382 e. The lowest BCUT2D eigenvalue weighted by Crippen LogP contribution is -2.41. The summed E-state index contributed by atoms with van der Waals surface area (Å²) in [5.74, 6) is -1.13. The van der Waals surface area contributed by atoms with Gasteiger partial charge in [0.05, 0.1) is 18.1 Å². The highest BCUT2D eigenvalue weighted by molar-refractivity contribution is 7.91. The summed E-state index contributed by atoms with van der Waals surface area (Å²) in [6, 6.07) is 0. The predicted octanol–water partition coefficient (Wildman–Crippen LogP) is -0.149. The van der Waals surface area contributed by atoms with Gasteiger partial charge >= 0.3 is 6.18 Å². The molecule has 1 saturated heterocycles. The monoisotopic (exact) mass is 289 g/mol. The van der Waals surface area contributed by atoms with Crippen molar-refractivity contribution < 1.29 is 31.5 Å². The van der Waals surface area contributed by atoms with Gasteiger partial charge in [0, 0.05) is 6.42 Å². The summed E-state index contributed by atoms with van der Waals surface area (Å²) in [6.45, 7) is -0.915. The lowest BCUT2D eigenvalue weighted by Gasteiger charge is -2.15. The molecule has 2 atom stereocenters. The first-order valence-corrected chi connectivity index (χ1v) is 7.14.